The first kappa shape index (κ1) is 22.7. The first-order valence-corrected chi connectivity index (χ1v) is 10.3. The van der Waals surface area contributed by atoms with E-state index in [9.17, 15) is 9.90 Å². The van der Waals surface area contributed by atoms with Crippen LogP contribution in [0.1, 0.15) is 34.1 Å². The number of thiocarbonyl (C=S) groups is 1. The van der Waals surface area contributed by atoms with Crippen molar-refractivity contribution in [2.24, 2.45) is 12.0 Å². The third-order valence-corrected chi connectivity index (χ3v) is 5.43. The zero-order chi connectivity index (χ0) is 22.7. The summed E-state index contributed by atoms with van der Waals surface area (Å²) in [5.74, 6) is -0.992. The van der Waals surface area contributed by atoms with Gasteiger partial charge in [-0.05, 0) is 31.5 Å². The van der Waals surface area contributed by atoms with Crippen molar-refractivity contribution in [2.75, 3.05) is 6.54 Å². The van der Waals surface area contributed by atoms with Gasteiger partial charge in [-0.2, -0.15) is 5.10 Å². The van der Waals surface area contributed by atoms with E-state index in [1.54, 1.807) is 30.8 Å². The number of aromatic hydroxyl groups is 1. The minimum Gasteiger partial charge on any atom is -0.504 e. The fourth-order valence-corrected chi connectivity index (χ4v) is 3.71. The monoisotopic (exact) mass is 455 g/mol. The second-order valence-corrected chi connectivity index (χ2v) is 8.26. The average Bonchev–Trinajstić information content (AvgIpc) is 3.01. The van der Waals surface area contributed by atoms with E-state index in [1.807, 2.05) is 31.2 Å². The predicted octanol–water partition coefficient (Wildman–Crippen LogP) is 4.87. The molecule has 0 aliphatic rings. The molecule has 0 radical (unpaired) electrons. The number of aromatic nitrogens is 2. The molecule has 0 aliphatic carbocycles. The Labute approximate surface area is 190 Å². The second-order valence-electron chi connectivity index (χ2n) is 7.27. The lowest BCUT2D eigenvalue weighted by Crippen LogP contribution is -2.08. The van der Waals surface area contributed by atoms with E-state index >= 15 is 0 Å². The molecule has 8 heteroatoms. The van der Waals surface area contributed by atoms with Crippen molar-refractivity contribution in [3.05, 3.63) is 69.9 Å². The molecule has 3 aromatic rings. The van der Waals surface area contributed by atoms with Gasteiger partial charge in [0, 0.05) is 23.9 Å². The number of nitrogens with zero attached hydrogens (tertiary/aromatic N) is 3. The quantitative estimate of drug-likeness (QED) is 0.392. The van der Waals surface area contributed by atoms with Crippen LogP contribution in [0.4, 0.5) is 0 Å². The average molecular weight is 456 g/mol. The van der Waals surface area contributed by atoms with Crippen molar-refractivity contribution < 1.29 is 15.0 Å². The normalized spacial score (nSPS) is 11.5. The van der Waals surface area contributed by atoms with Crippen LogP contribution in [-0.4, -0.2) is 43.1 Å². The van der Waals surface area contributed by atoms with E-state index < -0.39 is 5.97 Å². The summed E-state index contributed by atoms with van der Waals surface area (Å²) in [7, 11) is 1.78. The van der Waals surface area contributed by atoms with Crippen molar-refractivity contribution in [1.82, 2.24) is 9.78 Å². The Balaban J connectivity index is 1.74. The SMILES string of the molecule is CC(=NCC(=S)Cc1ccc(C(=O)O)c(Cl)c1)c1nn(C)c(-c2ccc(C)cc2)c1O. The molecule has 31 heavy (non-hydrogen) atoms. The smallest absolute Gasteiger partial charge is 0.337 e. The minimum absolute atomic E-state index is 0.0557. The Hall–Kier alpha value is -3.03. The molecule has 2 N–H and O–H groups in total. The van der Waals surface area contributed by atoms with Crippen LogP contribution >= 0.6 is 23.8 Å². The molecule has 0 fully saturated rings. The summed E-state index contributed by atoms with van der Waals surface area (Å²) in [6.45, 7) is 4.06. The third kappa shape index (κ3) is 5.18. The highest BCUT2D eigenvalue weighted by molar-refractivity contribution is 7.80. The Bertz CT molecular complexity index is 1180. The number of carboxylic acid groups (broad SMARTS) is 1. The summed E-state index contributed by atoms with van der Waals surface area (Å²) in [5, 5.41) is 24.4. The standard InChI is InChI=1S/C23H22ClN3O3S/c1-13-4-7-16(8-5-13)21-22(28)20(26-27(21)3)14(2)25-12-17(31)10-15-6-9-18(23(29)30)19(24)11-15/h4-9,11,28H,10,12H2,1-3H3,(H,29,30). The zero-order valence-corrected chi connectivity index (χ0v) is 19.0. The molecule has 0 bridgehead atoms. The Morgan fingerprint density at radius 3 is 2.52 bits per heavy atom. The summed E-state index contributed by atoms with van der Waals surface area (Å²) in [6, 6.07) is 12.6. The molecule has 0 aliphatic heterocycles. The van der Waals surface area contributed by atoms with Crippen LogP contribution in [-0.2, 0) is 13.5 Å². The summed E-state index contributed by atoms with van der Waals surface area (Å²) in [6.07, 6.45) is 0.439. The minimum atomic E-state index is -1.07. The van der Waals surface area contributed by atoms with Gasteiger partial charge < -0.3 is 10.2 Å². The Kier molecular flexibility index (Phi) is 6.87. The number of benzene rings is 2. The van der Waals surface area contributed by atoms with Crippen LogP contribution in [0.15, 0.2) is 47.5 Å². The first-order valence-electron chi connectivity index (χ1n) is 9.55. The maximum atomic E-state index is 11.1. The lowest BCUT2D eigenvalue weighted by atomic mass is 10.1. The molecular weight excluding hydrogens is 434 g/mol. The summed E-state index contributed by atoms with van der Waals surface area (Å²) < 4.78 is 1.64. The van der Waals surface area contributed by atoms with Crippen LogP contribution < -0.4 is 0 Å². The maximum absolute atomic E-state index is 11.1. The molecule has 0 unspecified atom stereocenters. The molecule has 0 saturated heterocycles. The first-order chi connectivity index (χ1) is 14.7. The molecule has 0 amide bonds. The highest BCUT2D eigenvalue weighted by Crippen LogP contribution is 2.32. The second kappa shape index (κ2) is 9.41. The predicted molar refractivity (Wildman–Crippen MR) is 127 cm³/mol. The maximum Gasteiger partial charge on any atom is 0.337 e. The number of carboxylic acids is 1. The van der Waals surface area contributed by atoms with Crippen LogP contribution in [0.3, 0.4) is 0 Å². The Morgan fingerprint density at radius 1 is 1.23 bits per heavy atom. The van der Waals surface area contributed by atoms with Gasteiger partial charge in [0.2, 0.25) is 0 Å². The van der Waals surface area contributed by atoms with E-state index in [1.165, 1.54) is 6.07 Å². The van der Waals surface area contributed by atoms with Gasteiger partial charge in [0.15, 0.2) is 5.75 Å². The highest BCUT2D eigenvalue weighted by atomic mass is 35.5. The van der Waals surface area contributed by atoms with Crippen LogP contribution in [0.2, 0.25) is 5.02 Å². The summed E-state index contributed by atoms with van der Waals surface area (Å²) in [5.41, 5.74) is 4.49. The number of aromatic carboxylic acids is 1. The van der Waals surface area contributed by atoms with Gasteiger partial charge in [-0.25, -0.2) is 4.79 Å². The van der Waals surface area contributed by atoms with E-state index in [4.69, 9.17) is 28.9 Å². The zero-order valence-electron chi connectivity index (χ0n) is 17.4. The number of aryl methyl sites for hydroxylation is 2. The molecule has 0 spiro atoms. The molecule has 1 aromatic heterocycles. The van der Waals surface area contributed by atoms with Crippen molar-refractivity contribution in [3.63, 3.8) is 0 Å². The van der Waals surface area contributed by atoms with Crippen molar-refractivity contribution in [1.29, 1.82) is 0 Å². The molecular formula is C23H22ClN3O3S. The fraction of sp³-hybridized carbons (Fsp3) is 0.217. The van der Waals surface area contributed by atoms with E-state index in [0.29, 0.717) is 28.4 Å². The van der Waals surface area contributed by atoms with Gasteiger partial charge in [0.25, 0.3) is 0 Å². The number of rotatable bonds is 7. The highest BCUT2D eigenvalue weighted by Gasteiger charge is 2.19. The van der Waals surface area contributed by atoms with Crippen LogP contribution in [0.25, 0.3) is 11.3 Å². The van der Waals surface area contributed by atoms with Crippen LogP contribution in [0, 0.1) is 6.92 Å². The molecule has 0 saturated carbocycles. The van der Waals surface area contributed by atoms with Crippen molar-refractivity contribution in [2.45, 2.75) is 20.3 Å². The summed E-state index contributed by atoms with van der Waals surface area (Å²) in [4.78, 5) is 16.2. The van der Waals surface area contributed by atoms with Crippen LogP contribution in [0.5, 0.6) is 5.75 Å². The lowest BCUT2D eigenvalue weighted by Gasteiger charge is -2.05. The van der Waals surface area contributed by atoms with E-state index in [0.717, 1.165) is 16.7 Å². The molecule has 0 atom stereocenters. The van der Waals surface area contributed by atoms with Gasteiger partial charge in [-0.1, -0.05) is 59.7 Å². The van der Waals surface area contributed by atoms with Gasteiger partial charge in [0.05, 0.1) is 22.8 Å². The van der Waals surface area contributed by atoms with Crippen molar-refractivity contribution in [3.8, 4) is 17.0 Å². The van der Waals surface area contributed by atoms with Gasteiger partial charge in [-0.15, -0.1) is 0 Å². The number of carbonyl (C=O) groups is 1. The summed E-state index contributed by atoms with van der Waals surface area (Å²) >= 11 is 11.4. The molecule has 160 valence electrons. The lowest BCUT2D eigenvalue weighted by molar-refractivity contribution is 0.0697. The molecule has 2 aromatic carbocycles. The topological polar surface area (TPSA) is 87.7 Å². The molecule has 6 nitrogen and oxygen atoms in total. The van der Waals surface area contributed by atoms with Gasteiger partial charge in [-0.3, -0.25) is 9.67 Å². The number of hydrogen-bond acceptors (Lipinski definition) is 5. The van der Waals surface area contributed by atoms with E-state index in [-0.39, 0.29) is 22.9 Å². The van der Waals surface area contributed by atoms with E-state index in [2.05, 4.69) is 10.1 Å². The number of hydrogen-bond donors (Lipinski definition) is 2. The number of aliphatic imine (C=N–C) groups is 1. The largest absolute Gasteiger partial charge is 0.504 e. The molecule has 1 heterocycles. The molecule has 3 rings (SSSR count). The van der Waals surface area contributed by atoms with Gasteiger partial charge >= 0.3 is 5.97 Å². The fourth-order valence-electron chi connectivity index (χ4n) is 3.20. The van der Waals surface area contributed by atoms with Crippen molar-refractivity contribution >= 4 is 40.4 Å². The number of halogens is 1. The third-order valence-electron chi connectivity index (χ3n) is 4.85. The Morgan fingerprint density at radius 2 is 1.90 bits per heavy atom. The van der Waals surface area contributed by atoms with Gasteiger partial charge in [0.1, 0.15) is 11.4 Å².